The SMILES string of the molecule is O=C(CCCCC1=Cc2ccccc2C1)C1C(=S)CN[C@@H]1C(=O)N1CCC[C@H]1CO. The van der Waals surface area contributed by atoms with Gasteiger partial charge >= 0.3 is 0 Å². The molecule has 2 fully saturated rings. The first-order chi connectivity index (χ1) is 14.6. The number of ketones is 1. The highest BCUT2D eigenvalue weighted by molar-refractivity contribution is 7.80. The summed E-state index contributed by atoms with van der Waals surface area (Å²) >= 11 is 5.44. The van der Waals surface area contributed by atoms with Gasteiger partial charge in [0.05, 0.1) is 18.6 Å². The second-order valence-corrected chi connectivity index (χ2v) is 9.19. The van der Waals surface area contributed by atoms with E-state index in [9.17, 15) is 14.7 Å². The van der Waals surface area contributed by atoms with E-state index in [4.69, 9.17) is 12.2 Å². The van der Waals surface area contributed by atoms with Crippen LogP contribution in [0.2, 0.25) is 0 Å². The van der Waals surface area contributed by atoms with Crippen LogP contribution in [0, 0.1) is 5.92 Å². The summed E-state index contributed by atoms with van der Waals surface area (Å²) in [6.45, 7) is 1.06. The summed E-state index contributed by atoms with van der Waals surface area (Å²) in [4.78, 5) is 28.3. The molecule has 2 N–H and O–H groups in total. The van der Waals surface area contributed by atoms with Gasteiger partial charge in [0.1, 0.15) is 11.8 Å². The number of fused-ring (bicyclic) bond motifs is 1. The fourth-order valence-corrected chi connectivity index (χ4v) is 5.38. The maximum Gasteiger partial charge on any atom is 0.241 e. The van der Waals surface area contributed by atoms with Gasteiger partial charge in [-0.05, 0) is 49.7 Å². The molecule has 160 valence electrons. The molecule has 0 spiro atoms. The van der Waals surface area contributed by atoms with E-state index in [1.54, 1.807) is 4.90 Å². The van der Waals surface area contributed by atoms with E-state index in [1.165, 1.54) is 16.7 Å². The van der Waals surface area contributed by atoms with Crippen molar-refractivity contribution in [3.8, 4) is 0 Å². The number of rotatable bonds is 8. The number of carbonyl (C=O) groups is 2. The molecule has 1 unspecified atom stereocenters. The molecule has 6 heteroatoms. The molecule has 0 aromatic heterocycles. The number of hydrogen-bond donors (Lipinski definition) is 2. The Morgan fingerprint density at radius 1 is 1.23 bits per heavy atom. The van der Waals surface area contributed by atoms with Crippen molar-refractivity contribution < 1.29 is 14.7 Å². The monoisotopic (exact) mass is 426 g/mol. The highest BCUT2D eigenvalue weighted by Gasteiger charge is 2.44. The lowest BCUT2D eigenvalue weighted by Crippen LogP contribution is -2.50. The van der Waals surface area contributed by atoms with Crippen molar-refractivity contribution in [2.75, 3.05) is 19.7 Å². The molecule has 1 amide bonds. The molecule has 3 atom stereocenters. The summed E-state index contributed by atoms with van der Waals surface area (Å²) < 4.78 is 0. The van der Waals surface area contributed by atoms with Crippen LogP contribution < -0.4 is 5.32 Å². The number of hydrogen-bond acceptors (Lipinski definition) is 5. The molecular weight excluding hydrogens is 396 g/mol. The number of benzene rings is 1. The summed E-state index contributed by atoms with van der Waals surface area (Å²) in [6.07, 6.45) is 8.24. The first kappa shape index (κ1) is 21.3. The van der Waals surface area contributed by atoms with Crippen molar-refractivity contribution in [3.05, 3.63) is 41.0 Å². The number of likely N-dealkylation sites (tertiary alicyclic amines) is 1. The van der Waals surface area contributed by atoms with E-state index in [1.807, 2.05) is 0 Å². The largest absolute Gasteiger partial charge is 0.394 e. The van der Waals surface area contributed by atoms with Crippen molar-refractivity contribution in [2.45, 2.75) is 57.0 Å². The fraction of sp³-hybridized carbons (Fsp3) is 0.542. The van der Waals surface area contributed by atoms with Crippen LogP contribution in [0.5, 0.6) is 0 Å². The van der Waals surface area contributed by atoms with E-state index in [0.717, 1.165) is 38.5 Å². The number of allylic oxidation sites excluding steroid dienone is 1. The standard InChI is InChI=1S/C24H30N2O3S/c27-15-19-9-5-11-26(19)24(29)23-22(21(30)14-25-23)20(28)10-4-1-6-16-12-17-7-2-3-8-18(17)13-16/h2-3,7-8,12,19,22-23,25,27H,1,4-6,9-11,13-15H2/t19-,22?,23-/m0/s1. The first-order valence-electron chi connectivity index (χ1n) is 11.1. The normalized spacial score (nSPS) is 25.5. The fourth-order valence-electron chi connectivity index (χ4n) is 5.03. The predicted octanol–water partition coefficient (Wildman–Crippen LogP) is 2.70. The zero-order valence-corrected chi connectivity index (χ0v) is 18.1. The number of thiocarbonyl (C=S) groups is 1. The van der Waals surface area contributed by atoms with E-state index in [-0.39, 0.29) is 24.3 Å². The highest BCUT2D eigenvalue weighted by Crippen LogP contribution is 2.28. The second-order valence-electron chi connectivity index (χ2n) is 8.66. The van der Waals surface area contributed by atoms with E-state index < -0.39 is 12.0 Å². The van der Waals surface area contributed by atoms with Crippen molar-refractivity contribution >= 4 is 34.8 Å². The maximum atomic E-state index is 13.0. The van der Waals surface area contributed by atoms with Crippen LogP contribution in [0.15, 0.2) is 29.8 Å². The smallest absolute Gasteiger partial charge is 0.241 e. The quantitative estimate of drug-likeness (QED) is 0.494. The molecule has 1 aromatic rings. The molecule has 5 nitrogen and oxygen atoms in total. The minimum absolute atomic E-state index is 0.0265. The summed E-state index contributed by atoms with van der Waals surface area (Å²) in [5.74, 6) is -0.521. The molecule has 30 heavy (non-hydrogen) atoms. The number of aliphatic hydroxyl groups excluding tert-OH is 1. The number of amides is 1. The third kappa shape index (κ3) is 4.41. The first-order valence-corrected chi connectivity index (χ1v) is 11.5. The number of carbonyl (C=O) groups excluding carboxylic acids is 2. The molecule has 2 heterocycles. The molecule has 2 aliphatic heterocycles. The van der Waals surface area contributed by atoms with Gasteiger partial charge in [0.25, 0.3) is 0 Å². The van der Waals surface area contributed by atoms with Gasteiger partial charge in [0, 0.05) is 24.4 Å². The Morgan fingerprint density at radius 2 is 2.07 bits per heavy atom. The molecule has 0 radical (unpaired) electrons. The van der Waals surface area contributed by atoms with Gasteiger partial charge in [-0.25, -0.2) is 0 Å². The number of unbranched alkanes of at least 4 members (excludes halogenated alkanes) is 1. The Kier molecular flexibility index (Phi) is 6.76. The Balaban J connectivity index is 1.28. The average Bonchev–Trinajstić information content (AvgIpc) is 3.47. The third-order valence-electron chi connectivity index (χ3n) is 6.66. The maximum absolute atomic E-state index is 13.0. The zero-order chi connectivity index (χ0) is 21.1. The predicted molar refractivity (Wildman–Crippen MR) is 121 cm³/mol. The molecule has 0 bridgehead atoms. The zero-order valence-electron chi connectivity index (χ0n) is 17.3. The lowest BCUT2D eigenvalue weighted by atomic mass is 9.91. The van der Waals surface area contributed by atoms with Crippen molar-refractivity contribution in [3.63, 3.8) is 0 Å². The van der Waals surface area contributed by atoms with Gasteiger partial charge in [-0.15, -0.1) is 0 Å². The molecule has 0 saturated carbocycles. The topological polar surface area (TPSA) is 69.6 Å². The van der Waals surface area contributed by atoms with Gasteiger partial charge in [0.15, 0.2) is 0 Å². The molecule has 4 rings (SSSR count). The summed E-state index contributed by atoms with van der Waals surface area (Å²) in [6, 6.07) is 7.78. The van der Waals surface area contributed by atoms with Crippen molar-refractivity contribution in [2.24, 2.45) is 5.92 Å². The Hall–Kier alpha value is -1.89. The number of nitrogens with zero attached hydrogens (tertiary/aromatic N) is 1. The van der Waals surface area contributed by atoms with Gasteiger partial charge in [-0.2, -0.15) is 0 Å². The Labute approximate surface area is 183 Å². The summed E-state index contributed by atoms with van der Waals surface area (Å²) in [7, 11) is 0. The second kappa shape index (κ2) is 9.50. The summed E-state index contributed by atoms with van der Waals surface area (Å²) in [5, 5.41) is 12.7. The minimum atomic E-state index is -0.566. The van der Waals surface area contributed by atoms with Gasteiger partial charge in [-0.1, -0.05) is 48.1 Å². The molecule has 2 saturated heterocycles. The van der Waals surface area contributed by atoms with Crippen LogP contribution in [0.1, 0.15) is 49.7 Å². The minimum Gasteiger partial charge on any atom is -0.394 e. The van der Waals surface area contributed by atoms with Crippen LogP contribution in [0.25, 0.3) is 6.08 Å². The van der Waals surface area contributed by atoms with Gasteiger partial charge in [-0.3, -0.25) is 9.59 Å². The van der Waals surface area contributed by atoms with Crippen LogP contribution >= 0.6 is 12.2 Å². The van der Waals surface area contributed by atoms with Gasteiger partial charge in [0.2, 0.25) is 5.91 Å². The highest BCUT2D eigenvalue weighted by atomic mass is 32.1. The van der Waals surface area contributed by atoms with Crippen molar-refractivity contribution in [1.29, 1.82) is 0 Å². The van der Waals surface area contributed by atoms with E-state index in [2.05, 4.69) is 35.7 Å². The van der Waals surface area contributed by atoms with Gasteiger partial charge < -0.3 is 15.3 Å². The van der Waals surface area contributed by atoms with E-state index >= 15 is 0 Å². The van der Waals surface area contributed by atoms with Crippen LogP contribution in [-0.4, -0.2) is 58.3 Å². The van der Waals surface area contributed by atoms with Crippen molar-refractivity contribution in [1.82, 2.24) is 10.2 Å². The molecule has 1 aromatic carbocycles. The van der Waals surface area contributed by atoms with Crippen LogP contribution in [0.3, 0.4) is 0 Å². The van der Waals surface area contributed by atoms with Crippen LogP contribution in [0.4, 0.5) is 0 Å². The summed E-state index contributed by atoms with van der Waals surface area (Å²) in [5.41, 5.74) is 4.13. The molecule has 1 aliphatic carbocycles. The Morgan fingerprint density at radius 3 is 2.87 bits per heavy atom. The average molecular weight is 427 g/mol. The molecule has 3 aliphatic rings. The van der Waals surface area contributed by atoms with Crippen LogP contribution in [-0.2, 0) is 16.0 Å². The number of Topliss-reactive ketones (excluding diaryl/α,β-unsaturated/α-hetero) is 1. The number of aliphatic hydroxyl groups is 1. The number of nitrogens with one attached hydrogen (secondary N) is 1. The Bertz CT molecular complexity index is 866. The lowest BCUT2D eigenvalue weighted by molar-refractivity contribution is -0.137. The lowest BCUT2D eigenvalue weighted by Gasteiger charge is -2.28. The molecular formula is C24H30N2O3S. The van der Waals surface area contributed by atoms with E-state index in [0.29, 0.717) is 24.4 Å². The third-order valence-corrected chi connectivity index (χ3v) is 7.06.